The summed E-state index contributed by atoms with van der Waals surface area (Å²) in [5.41, 5.74) is 2.53. The number of amides is 2. The molecule has 7 heteroatoms. The van der Waals surface area contributed by atoms with Crippen LogP contribution in [0.15, 0.2) is 66.0 Å². The van der Waals surface area contributed by atoms with Gasteiger partial charge in [-0.15, -0.1) is 11.3 Å². The van der Waals surface area contributed by atoms with Gasteiger partial charge in [-0.25, -0.2) is 4.98 Å². The summed E-state index contributed by atoms with van der Waals surface area (Å²) in [6, 6.07) is 19.5. The molecule has 30 heavy (non-hydrogen) atoms. The smallest absolute Gasteiger partial charge is 0.257 e. The van der Waals surface area contributed by atoms with E-state index in [4.69, 9.17) is 0 Å². The van der Waals surface area contributed by atoms with Gasteiger partial charge in [0.25, 0.3) is 5.91 Å². The SMILES string of the molecule is O=C(Cc1csc(NC(=O)c2ccccc2)n1)NC1CCN(Cc2ccccc2)C1. The van der Waals surface area contributed by atoms with Crippen LogP contribution >= 0.6 is 11.3 Å². The first-order valence-corrected chi connectivity index (χ1v) is 10.9. The van der Waals surface area contributed by atoms with Gasteiger partial charge in [-0.1, -0.05) is 48.5 Å². The van der Waals surface area contributed by atoms with Gasteiger partial charge in [-0.3, -0.25) is 19.8 Å². The van der Waals surface area contributed by atoms with Gasteiger partial charge in [0.15, 0.2) is 5.13 Å². The lowest BCUT2D eigenvalue weighted by Gasteiger charge is -2.16. The third kappa shape index (κ3) is 5.52. The summed E-state index contributed by atoms with van der Waals surface area (Å²) in [4.78, 5) is 31.4. The van der Waals surface area contributed by atoms with E-state index in [9.17, 15) is 9.59 Å². The zero-order valence-electron chi connectivity index (χ0n) is 16.6. The minimum atomic E-state index is -0.203. The Bertz CT molecular complexity index is 991. The lowest BCUT2D eigenvalue weighted by Crippen LogP contribution is -2.37. The van der Waals surface area contributed by atoms with E-state index in [1.165, 1.54) is 16.9 Å². The number of benzene rings is 2. The lowest BCUT2D eigenvalue weighted by molar-refractivity contribution is -0.121. The second kappa shape index (κ2) is 9.65. The van der Waals surface area contributed by atoms with Gasteiger partial charge in [-0.05, 0) is 24.1 Å². The van der Waals surface area contributed by atoms with Crippen LogP contribution in [0.25, 0.3) is 0 Å². The molecule has 2 amide bonds. The number of aromatic nitrogens is 1. The molecule has 1 atom stereocenters. The highest BCUT2D eigenvalue weighted by Crippen LogP contribution is 2.18. The van der Waals surface area contributed by atoms with E-state index in [1.54, 1.807) is 12.1 Å². The number of nitrogens with zero attached hydrogens (tertiary/aromatic N) is 2. The minimum Gasteiger partial charge on any atom is -0.352 e. The predicted octanol–water partition coefficient (Wildman–Crippen LogP) is 3.33. The molecule has 154 valence electrons. The summed E-state index contributed by atoms with van der Waals surface area (Å²) < 4.78 is 0. The summed E-state index contributed by atoms with van der Waals surface area (Å²) in [5, 5.41) is 8.22. The van der Waals surface area contributed by atoms with E-state index >= 15 is 0 Å². The third-order valence-corrected chi connectivity index (χ3v) is 5.84. The Morgan fingerprint density at radius 1 is 1.07 bits per heavy atom. The largest absolute Gasteiger partial charge is 0.352 e. The summed E-state index contributed by atoms with van der Waals surface area (Å²) in [7, 11) is 0. The van der Waals surface area contributed by atoms with Crippen LogP contribution in [0, 0.1) is 0 Å². The number of hydrogen-bond donors (Lipinski definition) is 2. The average molecular weight is 421 g/mol. The minimum absolute atomic E-state index is 0.0344. The molecule has 2 heterocycles. The fraction of sp³-hybridized carbons (Fsp3) is 0.261. The maximum atomic E-state index is 12.4. The molecule has 0 spiro atoms. The molecule has 1 saturated heterocycles. The van der Waals surface area contributed by atoms with E-state index in [0.29, 0.717) is 16.4 Å². The molecule has 1 unspecified atom stereocenters. The summed E-state index contributed by atoms with van der Waals surface area (Å²) in [6.45, 7) is 2.74. The predicted molar refractivity (Wildman–Crippen MR) is 118 cm³/mol. The molecular formula is C23H24N4O2S. The van der Waals surface area contributed by atoms with Crippen molar-refractivity contribution >= 4 is 28.3 Å². The first-order chi connectivity index (χ1) is 14.7. The molecule has 0 aliphatic carbocycles. The van der Waals surface area contributed by atoms with Gasteiger partial charge in [-0.2, -0.15) is 0 Å². The van der Waals surface area contributed by atoms with E-state index in [1.807, 2.05) is 29.6 Å². The average Bonchev–Trinajstić information content (AvgIpc) is 3.38. The van der Waals surface area contributed by atoms with Crippen LogP contribution in [0.3, 0.4) is 0 Å². The maximum Gasteiger partial charge on any atom is 0.257 e. The Labute approximate surface area is 180 Å². The van der Waals surface area contributed by atoms with Crippen molar-refractivity contribution in [3.63, 3.8) is 0 Å². The number of hydrogen-bond acceptors (Lipinski definition) is 5. The first-order valence-electron chi connectivity index (χ1n) is 10.0. The van der Waals surface area contributed by atoms with Crippen LogP contribution in [0.4, 0.5) is 5.13 Å². The van der Waals surface area contributed by atoms with Crippen LogP contribution in [0.5, 0.6) is 0 Å². The monoisotopic (exact) mass is 420 g/mol. The molecule has 1 fully saturated rings. The Balaban J connectivity index is 1.23. The van der Waals surface area contributed by atoms with Gasteiger partial charge in [0.05, 0.1) is 12.1 Å². The van der Waals surface area contributed by atoms with Crippen molar-refractivity contribution in [1.82, 2.24) is 15.2 Å². The van der Waals surface area contributed by atoms with Crippen molar-refractivity contribution in [2.45, 2.75) is 25.4 Å². The van der Waals surface area contributed by atoms with Crippen molar-refractivity contribution in [2.24, 2.45) is 0 Å². The summed E-state index contributed by atoms with van der Waals surface area (Å²) >= 11 is 1.33. The Morgan fingerprint density at radius 3 is 2.57 bits per heavy atom. The number of carbonyl (C=O) groups excluding carboxylic acids is 2. The number of anilines is 1. The van der Waals surface area contributed by atoms with E-state index < -0.39 is 0 Å². The van der Waals surface area contributed by atoms with E-state index in [2.05, 4.69) is 44.8 Å². The van der Waals surface area contributed by atoms with Gasteiger partial charge < -0.3 is 5.32 Å². The number of rotatable bonds is 7. The molecule has 0 bridgehead atoms. The van der Waals surface area contributed by atoms with Crippen molar-refractivity contribution in [1.29, 1.82) is 0 Å². The highest BCUT2D eigenvalue weighted by atomic mass is 32.1. The van der Waals surface area contributed by atoms with E-state index in [0.717, 1.165) is 26.1 Å². The fourth-order valence-electron chi connectivity index (χ4n) is 3.58. The maximum absolute atomic E-state index is 12.4. The molecule has 6 nitrogen and oxygen atoms in total. The van der Waals surface area contributed by atoms with Crippen LogP contribution < -0.4 is 10.6 Å². The molecule has 1 aliphatic rings. The van der Waals surface area contributed by atoms with Crippen molar-refractivity contribution in [3.8, 4) is 0 Å². The molecule has 1 aromatic heterocycles. The zero-order valence-corrected chi connectivity index (χ0v) is 17.4. The summed E-state index contributed by atoms with van der Waals surface area (Å²) in [6.07, 6.45) is 1.17. The van der Waals surface area contributed by atoms with Crippen molar-refractivity contribution in [2.75, 3.05) is 18.4 Å². The van der Waals surface area contributed by atoms with Crippen LogP contribution in [0.2, 0.25) is 0 Å². The Hall–Kier alpha value is -3.03. The zero-order chi connectivity index (χ0) is 20.8. The molecule has 2 N–H and O–H groups in total. The van der Waals surface area contributed by atoms with Gasteiger partial charge >= 0.3 is 0 Å². The topological polar surface area (TPSA) is 74.3 Å². The highest BCUT2D eigenvalue weighted by molar-refractivity contribution is 7.14. The first kappa shape index (κ1) is 20.3. The van der Waals surface area contributed by atoms with Crippen LogP contribution in [-0.4, -0.2) is 40.8 Å². The number of carbonyl (C=O) groups is 2. The second-order valence-corrected chi connectivity index (χ2v) is 8.27. The second-order valence-electron chi connectivity index (χ2n) is 7.41. The number of thiazole rings is 1. The van der Waals surface area contributed by atoms with Gasteiger partial charge in [0.2, 0.25) is 5.91 Å². The van der Waals surface area contributed by atoms with Crippen LogP contribution in [-0.2, 0) is 17.8 Å². The molecule has 0 saturated carbocycles. The van der Waals surface area contributed by atoms with Crippen molar-refractivity contribution in [3.05, 3.63) is 82.9 Å². The highest BCUT2D eigenvalue weighted by Gasteiger charge is 2.24. The lowest BCUT2D eigenvalue weighted by atomic mass is 10.2. The molecular weight excluding hydrogens is 396 g/mol. The molecule has 0 radical (unpaired) electrons. The fourth-order valence-corrected chi connectivity index (χ4v) is 4.29. The van der Waals surface area contributed by atoms with E-state index in [-0.39, 0.29) is 24.3 Å². The Kier molecular flexibility index (Phi) is 6.51. The Morgan fingerprint density at radius 2 is 1.80 bits per heavy atom. The van der Waals surface area contributed by atoms with Crippen molar-refractivity contribution < 1.29 is 9.59 Å². The quantitative estimate of drug-likeness (QED) is 0.615. The molecule has 4 rings (SSSR count). The number of likely N-dealkylation sites (tertiary alicyclic amines) is 1. The van der Waals surface area contributed by atoms with Crippen LogP contribution in [0.1, 0.15) is 28.0 Å². The normalized spacial score (nSPS) is 16.3. The summed E-state index contributed by atoms with van der Waals surface area (Å²) in [5.74, 6) is -0.238. The third-order valence-electron chi connectivity index (χ3n) is 5.04. The standard InChI is InChI=1S/C23H24N4O2S/c28-21(24-19-11-12-27(15-19)14-17-7-3-1-4-8-17)13-20-16-30-23(25-20)26-22(29)18-9-5-2-6-10-18/h1-10,16,19H,11-15H2,(H,24,28)(H,25,26,29). The molecule has 2 aromatic carbocycles. The van der Waals surface area contributed by atoms with Gasteiger partial charge in [0.1, 0.15) is 0 Å². The van der Waals surface area contributed by atoms with Gasteiger partial charge in [0, 0.05) is 36.6 Å². The molecule has 1 aliphatic heterocycles. The molecule has 3 aromatic rings. The number of nitrogens with one attached hydrogen (secondary N) is 2.